The fourth-order valence-corrected chi connectivity index (χ4v) is 1.63. The topological polar surface area (TPSA) is 34.1 Å². The normalized spacial score (nSPS) is 14.8. The third-order valence-corrected chi connectivity index (χ3v) is 2.48. The summed E-state index contributed by atoms with van der Waals surface area (Å²) in [5.74, 6) is 0.911. The van der Waals surface area contributed by atoms with Gasteiger partial charge in [-0.25, -0.2) is 0 Å². The highest BCUT2D eigenvalue weighted by Crippen LogP contribution is 2.30. The summed E-state index contributed by atoms with van der Waals surface area (Å²) in [6.07, 6.45) is 1.70. The van der Waals surface area contributed by atoms with Gasteiger partial charge >= 0.3 is 0 Å². The minimum absolute atomic E-state index is 0.584. The summed E-state index contributed by atoms with van der Waals surface area (Å²) in [5.41, 5.74) is 2.11. The van der Waals surface area contributed by atoms with Gasteiger partial charge < -0.3 is 14.5 Å². The van der Waals surface area contributed by atoms with Crippen molar-refractivity contribution in [3.05, 3.63) is 23.8 Å². The van der Waals surface area contributed by atoms with E-state index in [-0.39, 0.29) is 0 Å². The minimum Gasteiger partial charge on any atom is -0.490 e. The van der Waals surface area contributed by atoms with Crippen LogP contribution in [0, 0.1) is 0 Å². The van der Waals surface area contributed by atoms with Crippen molar-refractivity contribution in [1.29, 1.82) is 0 Å². The Morgan fingerprint density at radius 3 is 3.25 bits per heavy atom. The molecule has 16 heavy (non-hydrogen) atoms. The monoisotopic (exact) mass is 220 g/mol. The standard InChI is InChI=1S/C12H16N2O2/c1-3-16-13-9-10-4-5-11-12(8-10)15-7-6-14(11)2/h4-5,8-9H,3,6-7H2,1-2H3. The summed E-state index contributed by atoms with van der Waals surface area (Å²) in [4.78, 5) is 7.10. The first-order chi connectivity index (χ1) is 7.81. The van der Waals surface area contributed by atoms with E-state index >= 15 is 0 Å². The maximum Gasteiger partial charge on any atom is 0.143 e. The Kier molecular flexibility index (Phi) is 3.29. The van der Waals surface area contributed by atoms with Crippen molar-refractivity contribution in [2.45, 2.75) is 6.92 Å². The third-order valence-electron chi connectivity index (χ3n) is 2.48. The molecule has 0 radical (unpaired) electrons. The molecule has 0 N–H and O–H groups in total. The first-order valence-electron chi connectivity index (χ1n) is 5.44. The zero-order valence-corrected chi connectivity index (χ0v) is 9.64. The highest BCUT2D eigenvalue weighted by Gasteiger charge is 2.14. The van der Waals surface area contributed by atoms with Crippen molar-refractivity contribution in [3.8, 4) is 5.75 Å². The van der Waals surface area contributed by atoms with Crippen LogP contribution in [0.15, 0.2) is 23.4 Å². The molecule has 0 aliphatic carbocycles. The smallest absolute Gasteiger partial charge is 0.143 e. The van der Waals surface area contributed by atoms with E-state index in [0.29, 0.717) is 6.61 Å². The molecule has 1 aromatic carbocycles. The zero-order valence-electron chi connectivity index (χ0n) is 9.64. The summed E-state index contributed by atoms with van der Waals surface area (Å²) >= 11 is 0. The first kappa shape index (κ1) is 10.8. The van der Waals surface area contributed by atoms with E-state index < -0.39 is 0 Å². The second kappa shape index (κ2) is 4.88. The van der Waals surface area contributed by atoms with E-state index in [1.165, 1.54) is 0 Å². The van der Waals surface area contributed by atoms with Crippen molar-refractivity contribution in [1.82, 2.24) is 0 Å². The number of anilines is 1. The number of rotatable bonds is 3. The van der Waals surface area contributed by atoms with Crippen LogP contribution in [-0.2, 0) is 4.84 Å². The van der Waals surface area contributed by atoms with E-state index in [2.05, 4.69) is 17.1 Å². The molecule has 0 amide bonds. The molecule has 0 saturated carbocycles. The Labute approximate surface area is 95.5 Å². The lowest BCUT2D eigenvalue weighted by molar-refractivity contribution is 0.160. The molecule has 0 atom stereocenters. The minimum atomic E-state index is 0.584. The largest absolute Gasteiger partial charge is 0.490 e. The van der Waals surface area contributed by atoms with Crippen molar-refractivity contribution in [2.75, 3.05) is 31.7 Å². The van der Waals surface area contributed by atoms with E-state index in [4.69, 9.17) is 9.57 Å². The molecule has 4 nitrogen and oxygen atoms in total. The Morgan fingerprint density at radius 1 is 1.56 bits per heavy atom. The molecule has 0 bridgehead atoms. The highest BCUT2D eigenvalue weighted by molar-refractivity contribution is 5.81. The Bertz CT molecular complexity index is 391. The number of hydrogen-bond donors (Lipinski definition) is 0. The van der Waals surface area contributed by atoms with E-state index in [1.807, 2.05) is 25.1 Å². The van der Waals surface area contributed by atoms with Crippen LogP contribution in [0.4, 0.5) is 5.69 Å². The molecule has 1 aliphatic heterocycles. The zero-order chi connectivity index (χ0) is 11.4. The maximum absolute atomic E-state index is 5.60. The van der Waals surface area contributed by atoms with E-state index in [1.54, 1.807) is 6.21 Å². The van der Waals surface area contributed by atoms with Gasteiger partial charge in [-0.1, -0.05) is 11.2 Å². The lowest BCUT2D eigenvalue weighted by Crippen LogP contribution is -2.28. The summed E-state index contributed by atoms with van der Waals surface area (Å²) in [6.45, 7) is 4.15. The molecule has 86 valence electrons. The van der Waals surface area contributed by atoms with Crippen LogP contribution in [0.5, 0.6) is 5.75 Å². The molecule has 0 unspecified atom stereocenters. The van der Waals surface area contributed by atoms with Crippen LogP contribution in [0.25, 0.3) is 0 Å². The van der Waals surface area contributed by atoms with Crippen LogP contribution >= 0.6 is 0 Å². The predicted molar refractivity (Wildman–Crippen MR) is 64.4 cm³/mol. The molecule has 0 spiro atoms. The van der Waals surface area contributed by atoms with Gasteiger partial charge in [-0.05, 0) is 24.6 Å². The second-order valence-electron chi connectivity index (χ2n) is 3.65. The number of nitrogens with zero attached hydrogens (tertiary/aromatic N) is 2. The summed E-state index contributed by atoms with van der Waals surface area (Å²) in [6, 6.07) is 6.03. The molecular weight excluding hydrogens is 204 g/mol. The molecule has 0 fully saturated rings. The number of oxime groups is 1. The Hall–Kier alpha value is -1.71. The first-order valence-corrected chi connectivity index (χ1v) is 5.44. The van der Waals surface area contributed by atoms with Crippen LogP contribution in [-0.4, -0.2) is 33.0 Å². The summed E-state index contributed by atoms with van der Waals surface area (Å²) < 4.78 is 5.60. The SMILES string of the molecule is CCON=Cc1ccc2c(c1)OCCN2C. The van der Waals surface area contributed by atoms with Gasteiger partial charge in [-0.3, -0.25) is 0 Å². The molecule has 1 aromatic rings. The van der Waals surface area contributed by atoms with Gasteiger partial charge in [-0.2, -0.15) is 0 Å². The van der Waals surface area contributed by atoms with Gasteiger partial charge in [0.2, 0.25) is 0 Å². The quantitative estimate of drug-likeness (QED) is 0.576. The average Bonchev–Trinajstić information content (AvgIpc) is 2.30. The van der Waals surface area contributed by atoms with Crippen molar-refractivity contribution < 1.29 is 9.57 Å². The van der Waals surface area contributed by atoms with Gasteiger partial charge in [0.05, 0.1) is 18.4 Å². The van der Waals surface area contributed by atoms with Crippen molar-refractivity contribution in [2.24, 2.45) is 5.16 Å². The lowest BCUT2D eigenvalue weighted by Gasteiger charge is -2.27. The number of fused-ring (bicyclic) bond motifs is 1. The fourth-order valence-electron chi connectivity index (χ4n) is 1.63. The second-order valence-corrected chi connectivity index (χ2v) is 3.65. The summed E-state index contributed by atoms with van der Waals surface area (Å²) in [5, 5.41) is 3.83. The van der Waals surface area contributed by atoms with Gasteiger partial charge in [0.1, 0.15) is 19.0 Å². The maximum atomic E-state index is 5.60. The number of ether oxygens (including phenoxy) is 1. The van der Waals surface area contributed by atoms with Crippen molar-refractivity contribution in [3.63, 3.8) is 0 Å². The number of hydrogen-bond acceptors (Lipinski definition) is 4. The van der Waals surface area contributed by atoms with Crippen LogP contribution in [0.1, 0.15) is 12.5 Å². The van der Waals surface area contributed by atoms with Gasteiger partial charge in [0.15, 0.2) is 0 Å². The Balaban J connectivity index is 2.18. The summed E-state index contributed by atoms with van der Waals surface area (Å²) in [7, 11) is 2.06. The van der Waals surface area contributed by atoms with Crippen molar-refractivity contribution >= 4 is 11.9 Å². The van der Waals surface area contributed by atoms with Gasteiger partial charge in [0.25, 0.3) is 0 Å². The highest BCUT2D eigenvalue weighted by atomic mass is 16.6. The number of benzene rings is 1. The molecule has 0 saturated heterocycles. The van der Waals surface area contributed by atoms with E-state index in [9.17, 15) is 0 Å². The Morgan fingerprint density at radius 2 is 2.44 bits per heavy atom. The van der Waals surface area contributed by atoms with Crippen LogP contribution in [0.2, 0.25) is 0 Å². The lowest BCUT2D eigenvalue weighted by atomic mass is 10.1. The molecular formula is C12H16N2O2. The molecule has 2 rings (SSSR count). The molecule has 1 aliphatic rings. The predicted octanol–water partition coefficient (Wildman–Crippen LogP) is 1.89. The molecule has 4 heteroatoms. The third kappa shape index (κ3) is 2.27. The van der Waals surface area contributed by atoms with Gasteiger partial charge in [0, 0.05) is 7.05 Å². The number of likely N-dealkylation sites (N-methyl/N-ethyl adjacent to an activating group) is 1. The molecule has 1 heterocycles. The molecule has 0 aromatic heterocycles. The van der Waals surface area contributed by atoms with Crippen LogP contribution < -0.4 is 9.64 Å². The van der Waals surface area contributed by atoms with Gasteiger partial charge in [-0.15, -0.1) is 0 Å². The fraction of sp³-hybridized carbons (Fsp3) is 0.417. The average molecular weight is 220 g/mol. The van der Waals surface area contributed by atoms with Crippen LogP contribution in [0.3, 0.4) is 0 Å². The van der Waals surface area contributed by atoms with E-state index in [0.717, 1.165) is 30.2 Å².